The van der Waals surface area contributed by atoms with E-state index in [0.29, 0.717) is 11.4 Å². The molecular formula is C17H25N3OS. The minimum absolute atomic E-state index is 0.217. The van der Waals surface area contributed by atoms with Crippen LogP contribution >= 0.6 is 12.2 Å². The van der Waals surface area contributed by atoms with Crippen molar-refractivity contribution in [1.29, 1.82) is 0 Å². The summed E-state index contributed by atoms with van der Waals surface area (Å²) in [5, 5.41) is 6.99. The highest BCUT2D eigenvalue weighted by molar-refractivity contribution is 7.71. The summed E-state index contributed by atoms with van der Waals surface area (Å²) in [4.78, 5) is 0. The Hall–Kier alpha value is -1.62. The van der Waals surface area contributed by atoms with E-state index in [1.807, 2.05) is 11.6 Å². The number of nitrogens with one attached hydrogen (secondary N) is 1. The lowest BCUT2D eigenvalue weighted by atomic mass is 9.82. The zero-order chi connectivity index (χ0) is 16.2. The second kappa shape index (κ2) is 7.09. The molecule has 0 fully saturated rings. The molecule has 1 heterocycles. The van der Waals surface area contributed by atoms with Crippen LogP contribution in [0.15, 0.2) is 24.3 Å². The monoisotopic (exact) mass is 319 g/mol. The van der Waals surface area contributed by atoms with Gasteiger partial charge >= 0.3 is 0 Å². The Labute approximate surface area is 137 Å². The van der Waals surface area contributed by atoms with Gasteiger partial charge in [-0.2, -0.15) is 5.10 Å². The molecule has 0 saturated carbocycles. The van der Waals surface area contributed by atoms with Crippen LogP contribution in [0.3, 0.4) is 0 Å². The Morgan fingerprint density at radius 1 is 1.27 bits per heavy atom. The predicted molar refractivity (Wildman–Crippen MR) is 92.0 cm³/mol. The molecule has 22 heavy (non-hydrogen) atoms. The summed E-state index contributed by atoms with van der Waals surface area (Å²) >= 11 is 5.10. The molecule has 0 aliphatic carbocycles. The fraction of sp³-hybridized carbons (Fsp3) is 0.529. The van der Waals surface area contributed by atoms with Gasteiger partial charge in [-0.25, -0.2) is 0 Å². The number of hydrogen-bond donors (Lipinski definition) is 1. The van der Waals surface area contributed by atoms with Gasteiger partial charge in [0.05, 0.1) is 6.61 Å². The molecule has 1 N–H and O–H groups in total. The highest BCUT2D eigenvalue weighted by Crippen LogP contribution is 2.28. The van der Waals surface area contributed by atoms with Crippen molar-refractivity contribution in [2.45, 2.75) is 45.4 Å². The maximum absolute atomic E-state index is 5.80. The third kappa shape index (κ3) is 3.97. The molecule has 5 heteroatoms. The quantitative estimate of drug-likeness (QED) is 0.615. The third-order valence-corrected chi connectivity index (χ3v) is 4.67. The number of benzene rings is 1. The summed E-state index contributed by atoms with van der Waals surface area (Å²) in [5.41, 5.74) is 1.57. The molecule has 0 atom stereocenters. The molecule has 0 aliphatic rings. The molecule has 0 saturated heterocycles. The number of nitrogens with zero attached hydrogens (tertiary/aromatic N) is 2. The Bertz CT molecular complexity index is 655. The maximum atomic E-state index is 5.80. The average Bonchev–Trinajstić information content (AvgIpc) is 2.84. The molecule has 0 spiro atoms. The standard InChI is InChI=1S/C17H25N3OS/c1-5-17(2,3)13-8-10-14(11-9-13)21-12-6-7-15-18-19-16(22)20(15)4/h8-11H,5-7,12H2,1-4H3,(H,19,22). The first-order valence-electron chi connectivity index (χ1n) is 7.77. The van der Waals surface area contributed by atoms with E-state index < -0.39 is 0 Å². The fourth-order valence-electron chi connectivity index (χ4n) is 2.23. The van der Waals surface area contributed by atoms with Crippen LogP contribution in [0.2, 0.25) is 0 Å². The van der Waals surface area contributed by atoms with Crippen LogP contribution in [0.1, 0.15) is 45.0 Å². The van der Waals surface area contributed by atoms with Crippen LogP contribution in [-0.4, -0.2) is 21.4 Å². The predicted octanol–water partition coefficient (Wildman–Crippen LogP) is 4.18. The lowest BCUT2D eigenvalue weighted by Crippen LogP contribution is -2.15. The third-order valence-electron chi connectivity index (χ3n) is 4.31. The fourth-order valence-corrected chi connectivity index (χ4v) is 2.38. The molecule has 0 radical (unpaired) electrons. The van der Waals surface area contributed by atoms with Crippen molar-refractivity contribution in [3.63, 3.8) is 0 Å². The van der Waals surface area contributed by atoms with Gasteiger partial charge in [-0.3, -0.25) is 5.10 Å². The van der Waals surface area contributed by atoms with Crippen molar-refractivity contribution in [3.8, 4) is 5.75 Å². The van der Waals surface area contributed by atoms with Crippen molar-refractivity contribution in [2.24, 2.45) is 7.05 Å². The van der Waals surface area contributed by atoms with Crippen molar-refractivity contribution < 1.29 is 4.74 Å². The van der Waals surface area contributed by atoms with Crippen molar-refractivity contribution in [2.75, 3.05) is 6.61 Å². The molecule has 1 aromatic carbocycles. The van der Waals surface area contributed by atoms with Gasteiger partial charge in [0, 0.05) is 13.5 Å². The number of H-pyrrole nitrogens is 1. The van der Waals surface area contributed by atoms with Crippen LogP contribution in [0.4, 0.5) is 0 Å². The summed E-state index contributed by atoms with van der Waals surface area (Å²) in [6.07, 6.45) is 2.89. The van der Waals surface area contributed by atoms with E-state index >= 15 is 0 Å². The van der Waals surface area contributed by atoms with E-state index in [2.05, 4.69) is 55.2 Å². The molecule has 0 amide bonds. The van der Waals surface area contributed by atoms with Gasteiger partial charge in [0.1, 0.15) is 11.6 Å². The molecule has 4 nitrogen and oxygen atoms in total. The maximum Gasteiger partial charge on any atom is 0.194 e. The number of aromatic amines is 1. The second-order valence-electron chi connectivity index (χ2n) is 6.22. The molecule has 2 aromatic rings. The number of rotatable bonds is 7. The first-order chi connectivity index (χ1) is 10.4. The highest BCUT2D eigenvalue weighted by atomic mass is 32.1. The Balaban J connectivity index is 1.82. The number of aryl methyl sites for hydroxylation is 1. The molecule has 2 rings (SSSR count). The Morgan fingerprint density at radius 2 is 1.95 bits per heavy atom. The summed E-state index contributed by atoms with van der Waals surface area (Å²) < 4.78 is 8.36. The van der Waals surface area contributed by atoms with Crippen molar-refractivity contribution >= 4 is 12.2 Å². The molecule has 1 aromatic heterocycles. The number of aromatic nitrogens is 3. The van der Waals surface area contributed by atoms with Crippen molar-refractivity contribution in [1.82, 2.24) is 14.8 Å². The lowest BCUT2D eigenvalue weighted by Gasteiger charge is -2.23. The molecule has 0 bridgehead atoms. The van der Waals surface area contributed by atoms with Crippen LogP contribution < -0.4 is 4.74 Å². The van der Waals surface area contributed by atoms with Gasteiger partial charge < -0.3 is 9.30 Å². The minimum Gasteiger partial charge on any atom is -0.494 e. The SMILES string of the molecule is CCC(C)(C)c1ccc(OCCCc2n[nH]c(=S)n2C)cc1. The van der Waals surface area contributed by atoms with Gasteiger partial charge in [0.15, 0.2) is 4.77 Å². The first-order valence-corrected chi connectivity index (χ1v) is 8.18. The Kier molecular flexibility index (Phi) is 5.40. The van der Waals surface area contributed by atoms with Gasteiger partial charge in [-0.05, 0) is 48.2 Å². The molecule has 120 valence electrons. The highest BCUT2D eigenvalue weighted by Gasteiger charge is 2.17. The minimum atomic E-state index is 0.217. The van der Waals surface area contributed by atoms with Crippen LogP contribution in [0.5, 0.6) is 5.75 Å². The van der Waals surface area contributed by atoms with Gasteiger partial charge in [0.25, 0.3) is 0 Å². The topological polar surface area (TPSA) is 42.8 Å². The Morgan fingerprint density at radius 3 is 2.50 bits per heavy atom. The van der Waals surface area contributed by atoms with Gasteiger partial charge in [-0.1, -0.05) is 32.9 Å². The normalized spacial score (nSPS) is 11.6. The van der Waals surface area contributed by atoms with E-state index in [1.165, 1.54) is 5.56 Å². The van der Waals surface area contributed by atoms with Crippen LogP contribution in [0, 0.1) is 4.77 Å². The van der Waals surface area contributed by atoms with Gasteiger partial charge in [-0.15, -0.1) is 0 Å². The number of ether oxygens (including phenoxy) is 1. The first kappa shape index (κ1) is 16.7. The van der Waals surface area contributed by atoms with Gasteiger partial charge in [0.2, 0.25) is 0 Å². The van der Waals surface area contributed by atoms with E-state index in [4.69, 9.17) is 17.0 Å². The zero-order valence-electron chi connectivity index (χ0n) is 13.8. The second-order valence-corrected chi connectivity index (χ2v) is 6.60. The van der Waals surface area contributed by atoms with E-state index in [9.17, 15) is 0 Å². The summed E-state index contributed by atoms with van der Waals surface area (Å²) in [5.74, 6) is 1.89. The largest absolute Gasteiger partial charge is 0.494 e. The molecular weight excluding hydrogens is 294 g/mol. The number of hydrogen-bond acceptors (Lipinski definition) is 3. The lowest BCUT2D eigenvalue weighted by molar-refractivity contribution is 0.309. The van der Waals surface area contributed by atoms with Crippen LogP contribution in [-0.2, 0) is 18.9 Å². The van der Waals surface area contributed by atoms with Crippen LogP contribution in [0.25, 0.3) is 0 Å². The zero-order valence-corrected chi connectivity index (χ0v) is 14.7. The van der Waals surface area contributed by atoms with E-state index in [0.717, 1.165) is 30.8 Å². The van der Waals surface area contributed by atoms with E-state index in [-0.39, 0.29) is 5.41 Å². The molecule has 0 unspecified atom stereocenters. The average molecular weight is 319 g/mol. The summed E-state index contributed by atoms with van der Waals surface area (Å²) in [6, 6.07) is 8.44. The summed E-state index contributed by atoms with van der Waals surface area (Å²) in [6.45, 7) is 7.42. The molecule has 0 aliphatic heterocycles. The smallest absolute Gasteiger partial charge is 0.194 e. The van der Waals surface area contributed by atoms with Crippen molar-refractivity contribution in [3.05, 3.63) is 40.4 Å². The summed E-state index contributed by atoms with van der Waals surface area (Å²) in [7, 11) is 1.93. The van der Waals surface area contributed by atoms with E-state index in [1.54, 1.807) is 0 Å².